The van der Waals surface area contributed by atoms with E-state index in [-0.39, 0.29) is 11.5 Å². The van der Waals surface area contributed by atoms with Crippen LogP contribution in [0.2, 0.25) is 0 Å². The summed E-state index contributed by atoms with van der Waals surface area (Å²) in [7, 11) is 0. The Morgan fingerprint density at radius 3 is 2.50 bits per heavy atom. The molecule has 2 rings (SSSR count). The molecule has 1 atom stereocenters. The molecule has 5 heteroatoms. The van der Waals surface area contributed by atoms with Gasteiger partial charge in [0.1, 0.15) is 0 Å². The molecule has 102 valence electrons. The zero-order chi connectivity index (χ0) is 13.2. The maximum atomic E-state index is 5.40. The van der Waals surface area contributed by atoms with E-state index in [0.29, 0.717) is 0 Å². The van der Waals surface area contributed by atoms with Gasteiger partial charge in [0.25, 0.3) is 0 Å². The molecule has 1 aliphatic heterocycles. The number of hydrogen-bond acceptors (Lipinski definition) is 5. The van der Waals surface area contributed by atoms with Gasteiger partial charge in [-0.3, -0.25) is 4.90 Å². The third-order valence-electron chi connectivity index (χ3n) is 3.36. The SMILES string of the molecule is CCC(c1noc(C(C)(C)C)n1)N1CCNCC1. The largest absolute Gasteiger partial charge is 0.339 e. The summed E-state index contributed by atoms with van der Waals surface area (Å²) in [5.41, 5.74) is -0.0764. The molecule has 1 saturated heterocycles. The normalized spacial score (nSPS) is 20.0. The van der Waals surface area contributed by atoms with E-state index in [4.69, 9.17) is 4.52 Å². The van der Waals surface area contributed by atoms with Crippen molar-refractivity contribution in [1.29, 1.82) is 0 Å². The molecule has 1 aromatic rings. The van der Waals surface area contributed by atoms with Gasteiger partial charge in [-0.15, -0.1) is 0 Å². The minimum Gasteiger partial charge on any atom is -0.339 e. The van der Waals surface area contributed by atoms with Gasteiger partial charge in [0, 0.05) is 31.6 Å². The van der Waals surface area contributed by atoms with Crippen molar-refractivity contribution in [3.63, 3.8) is 0 Å². The van der Waals surface area contributed by atoms with Crippen molar-refractivity contribution in [2.75, 3.05) is 26.2 Å². The van der Waals surface area contributed by atoms with Gasteiger partial charge in [-0.25, -0.2) is 0 Å². The first-order valence-electron chi connectivity index (χ1n) is 6.81. The van der Waals surface area contributed by atoms with Crippen LogP contribution >= 0.6 is 0 Å². The Labute approximate surface area is 109 Å². The fourth-order valence-electron chi connectivity index (χ4n) is 2.27. The van der Waals surface area contributed by atoms with Crippen LogP contribution < -0.4 is 5.32 Å². The molecule has 1 unspecified atom stereocenters. The van der Waals surface area contributed by atoms with Gasteiger partial charge in [-0.1, -0.05) is 32.9 Å². The molecule has 18 heavy (non-hydrogen) atoms. The van der Waals surface area contributed by atoms with Crippen LogP contribution in [0, 0.1) is 0 Å². The average Bonchev–Trinajstić information content (AvgIpc) is 2.81. The molecule has 0 spiro atoms. The molecule has 1 fully saturated rings. The average molecular weight is 252 g/mol. The highest BCUT2D eigenvalue weighted by Crippen LogP contribution is 2.26. The predicted molar refractivity (Wildman–Crippen MR) is 70.5 cm³/mol. The van der Waals surface area contributed by atoms with E-state index in [1.165, 1.54) is 0 Å². The van der Waals surface area contributed by atoms with Crippen LogP contribution in [0.15, 0.2) is 4.52 Å². The van der Waals surface area contributed by atoms with Gasteiger partial charge in [0.05, 0.1) is 6.04 Å². The lowest BCUT2D eigenvalue weighted by atomic mass is 9.97. The lowest BCUT2D eigenvalue weighted by Crippen LogP contribution is -2.45. The van der Waals surface area contributed by atoms with Crippen LogP contribution in [0.25, 0.3) is 0 Å². The van der Waals surface area contributed by atoms with E-state index in [1.807, 2.05) is 0 Å². The Kier molecular flexibility index (Phi) is 4.02. The second-order valence-corrected chi connectivity index (χ2v) is 5.92. The van der Waals surface area contributed by atoms with E-state index in [2.05, 4.69) is 48.1 Å². The van der Waals surface area contributed by atoms with E-state index >= 15 is 0 Å². The number of nitrogens with one attached hydrogen (secondary N) is 1. The molecular formula is C13H24N4O. The van der Waals surface area contributed by atoms with Crippen molar-refractivity contribution in [2.45, 2.75) is 45.6 Å². The minimum absolute atomic E-state index is 0.0764. The standard InChI is InChI=1S/C13H24N4O/c1-5-10(17-8-6-14-7-9-17)11-15-12(18-16-11)13(2,3)4/h10,14H,5-9H2,1-4H3. The molecule has 0 amide bonds. The summed E-state index contributed by atoms with van der Waals surface area (Å²) in [5.74, 6) is 1.57. The maximum absolute atomic E-state index is 5.40. The number of nitrogens with zero attached hydrogens (tertiary/aromatic N) is 3. The number of piperazine rings is 1. The molecule has 1 N–H and O–H groups in total. The molecule has 0 radical (unpaired) electrons. The lowest BCUT2D eigenvalue weighted by Gasteiger charge is -2.32. The third-order valence-corrected chi connectivity index (χ3v) is 3.36. The summed E-state index contributed by atoms with van der Waals surface area (Å²) in [6, 6.07) is 0.284. The highest BCUT2D eigenvalue weighted by Gasteiger charge is 2.28. The predicted octanol–water partition coefficient (Wildman–Crippen LogP) is 1.72. The molecule has 0 aromatic carbocycles. The summed E-state index contributed by atoms with van der Waals surface area (Å²) < 4.78 is 5.40. The van der Waals surface area contributed by atoms with Crippen molar-refractivity contribution in [3.05, 3.63) is 11.7 Å². The van der Waals surface area contributed by atoms with Crippen LogP contribution in [0.1, 0.15) is 51.9 Å². The Balaban J connectivity index is 2.14. The van der Waals surface area contributed by atoms with Crippen molar-refractivity contribution >= 4 is 0 Å². The number of hydrogen-bond donors (Lipinski definition) is 1. The van der Waals surface area contributed by atoms with E-state index in [0.717, 1.165) is 44.3 Å². The summed E-state index contributed by atoms with van der Waals surface area (Å²) in [6.45, 7) is 12.7. The second-order valence-electron chi connectivity index (χ2n) is 5.92. The summed E-state index contributed by atoms with van der Waals surface area (Å²) in [6.07, 6.45) is 1.02. The number of rotatable bonds is 3. The number of aromatic nitrogens is 2. The van der Waals surface area contributed by atoms with E-state index < -0.39 is 0 Å². The fourth-order valence-corrected chi connectivity index (χ4v) is 2.27. The first kappa shape index (κ1) is 13.5. The summed E-state index contributed by atoms with van der Waals surface area (Å²) in [5, 5.41) is 7.55. The Morgan fingerprint density at radius 2 is 2.00 bits per heavy atom. The second kappa shape index (κ2) is 5.36. The van der Waals surface area contributed by atoms with Gasteiger partial charge in [-0.05, 0) is 6.42 Å². The molecule has 1 aromatic heterocycles. The highest BCUT2D eigenvalue weighted by molar-refractivity contribution is 5.02. The van der Waals surface area contributed by atoms with Crippen molar-refractivity contribution in [2.24, 2.45) is 0 Å². The van der Waals surface area contributed by atoms with Crippen molar-refractivity contribution in [3.8, 4) is 0 Å². The van der Waals surface area contributed by atoms with Crippen molar-refractivity contribution in [1.82, 2.24) is 20.4 Å². The first-order valence-corrected chi connectivity index (χ1v) is 6.81. The quantitative estimate of drug-likeness (QED) is 0.887. The van der Waals surface area contributed by atoms with Crippen molar-refractivity contribution < 1.29 is 4.52 Å². The lowest BCUT2D eigenvalue weighted by molar-refractivity contribution is 0.160. The first-order chi connectivity index (χ1) is 8.52. The molecular weight excluding hydrogens is 228 g/mol. The topological polar surface area (TPSA) is 54.2 Å². The van der Waals surface area contributed by atoms with E-state index in [9.17, 15) is 0 Å². The Bertz CT molecular complexity index is 377. The maximum Gasteiger partial charge on any atom is 0.232 e. The van der Waals surface area contributed by atoms with Gasteiger partial charge >= 0.3 is 0 Å². The van der Waals surface area contributed by atoms with Crippen LogP contribution in [-0.2, 0) is 5.41 Å². The molecule has 0 saturated carbocycles. The smallest absolute Gasteiger partial charge is 0.232 e. The minimum atomic E-state index is -0.0764. The van der Waals surface area contributed by atoms with Crippen LogP contribution in [0.4, 0.5) is 0 Å². The van der Waals surface area contributed by atoms with Gasteiger partial charge in [0.2, 0.25) is 5.89 Å². The van der Waals surface area contributed by atoms with E-state index in [1.54, 1.807) is 0 Å². The van der Waals surface area contributed by atoms with Crippen LogP contribution in [0.5, 0.6) is 0 Å². The molecule has 0 aliphatic carbocycles. The Hall–Kier alpha value is -0.940. The van der Waals surface area contributed by atoms with Crippen LogP contribution in [0.3, 0.4) is 0 Å². The summed E-state index contributed by atoms with van der Waals surface area (Å²) in [4.78, 5) is 7.03. The fraction of sp³-hybridized carbons (Fsp3) is 0.846. The third kappa shape index (κ3) is 2.90. The zero-order valence-electron chi connectivity index (χ0n) is 11.9. The highest BCUT2D eigenvalue weighted by atomic mass is 16.5. The van der Waals surface area contributed by atoms with Gasteiger partial charge in [-0.2, -0.15) is 4.98 Å². The van der Waals surface area contributed by atoms with Crippen LogP contribution in [-0.4, -0.2) is 41.2 Å². The summed E-state index contributed by atoms with van der Waals surface area (Å²) >= 11 is 0. The van der Waals surface area contributed by atoms with Gasteiger partial charge < -0.3 is 9.84 Å². The molecule has 0 bridgehead atoms. The molecule has 5 nitrogen and oxygen atoms in total. The molecule has 2 heterocycles. The van der Waals surface area contributed by atoms with Gasteiger partial charge in [0.15, 0.2) is 5.82 Å². The molecule has 1 aliphatic rings. The monoisotopic (exact) mass is 252 g/mol. The Morgan fingerprint density at radius 1 is 1.33 bits per heavy atom. The zero-order valence-corrected chi connectivity index (χ0v) is 11.9.